The molecule has 1 aromatic heterocycles. The predicted octanol–water partition coefficient (Wildman–Crippen LogP) is 3.76. The average Bonchev–Trinajstić information content (AvgIpc) is 2.69. The van der Waals surface area contributed by atoms with Crippen molar-refractivity contribution >= 4 is 11.3 Å². The third kappa shape index (κ3) is 5.08. The van der Waals surface area contributed by atoms with Crippen molar-refractivity contribution < 1.29 is 0 Å². The number of nitrogens with one attached hydrogen (secondary N) is 1. The zero-order valence-electron chi connectivity index (χ0n) is 10.8. The number of aromatic nitrogens is 1. The Bertz CT molecular complexity index is 283. The maximum atomic E-state index is 4.45. The van der Waals surface area contributed by atoms with E-state index in [0.717, 1.165) is 24.0 Å². The van der Waals surface area contributed by atoms with Gasteiger partial charge in [0.2, 0.25) is 0 Å². The summed E-state index contributed by atoms with van der Waals surface area (Å²) in [5.41, 5.74) is 1.19. The highest BCUT2D eigenvalue weighted by Gasteiger charge is 2.05. The minimum atomic E-state index is 0.833. The quantitative estimate of drug-likeness (QED) is 0.748. The van der Waals surface area contributed by atoms with E-state index in [4.69, 9.17) is 0 Å². The number of thiazole rings is 1. The molecule has 0 aliphatic heterocycles. The van der Waals surface area contributed by atoms with Crippen LogP contribution >= 0.6 is 11.3 Å². The molecule has 0 aliphatic rings. The molecule has 16 heavy (non-hydrogen) atoms. The molecular formula is C13H24N2S. The van der Waals surface area contributed by atoms with Crippen LogP contribution in [0.25, 0.3) is 0 Å². The lowest BCUT2D eigenvalue weighted by Crippen LogP contribution is -2.22. The second kappa shape index (κ2) is 7.80. The highest BCUT2D eigenvalue weighted by atomic mass is 32.1. The van der Waals surface area contributed by atoms with Gasteiger partial charge in [0.05, 0.1) is 10.7 Å². The number of hydrogen-bond donors (Lipinski definition) is 1. The van der Waals surface area contributed by atoms with Crippen molar-refractivity contribution in [2.24, 2.45) is 5.92 Å². The lowest BCUT2D eigenvalue weighted by atomic mass is 9.99. The standard InChI is InChI=1S/C13H24N2S/c1-4-6-7-12(5-2)8-14-9-13-10-16-11(3)15-13/h10,12,14H,4-9H2,1-3H3. The van der Waals surface area contributed by atoms with Crippen LogP contribution in [0.2, 0.25) is 0 Å². The van der Waals surface area contributed by atoms with Gasteiger partial charge in [0.25, 0.3) is 0 Å². The van der Waals surface area contributed by atoms with Crippen LogP contribution in [0.3, 0.4) is 0 Å². The van der Waals surface area contributed by atoms with E-state index < -0.39 is 0 Å². The van der Waals surface area contributed by atoms with Crippen molar-refractivity contribution in [3.05, 3.63) is 16.1 Å². The Balaban J connectivity index is 2.17. The lowest BCUT2D eigenvalue weighted by molar-refractivity contribution is 0.418. The van der Waals surface area contributed by atoms with Crippen LogP contribution in [-0.4, -0.2) is 11.5 Å². The minimum absolute atomic E-state index is 0.833. The number of rotatable bonds is 8. The highest BCUT2D eigenvalue weighted by Crippen LogP contribution is 2.12. The summed E-state index contributed by atoms with van der Waals surface area (Å²) in [5.74, 6) is 0.833. The van der Waals surface area contributed by atoms with Gasteiger partial charge in [0.15, 0.2) is 0 Å². The monoisotopic (exact) mass is 240 g/mol. The molecule has 0 amide bonds. The largest absolute Gasteiger partial charge is 0.311 e. The van der Waals surface area contributed by atoms with E-state index in [-0.39, 0.29) is 0 Å². The first-order chi connectivity index (χ1) is 7.76. The molecular weight excluding hydrogens is 216 g/mol. The summed E-state index contributed by atoms with van der Waals surface area (Å²) < 4.78 is 0. The fourth-order valence-electron chi connectivity index (χ4n) is 1.84. The van der Waals surface area contributed by atoms with Crippen molar-refractivity contribution in [2.45, 2.75) is 53.0 Å². The van der Waals surface area contributed by atoms with Crippen LogP contribution in [0.15, 0.2) is 5.38 Å². The summed E-state index contributed by atoms with van der Waals surface area (Å²) in [6.45, 7) is 8.66. The highest BCUT2D eigenvalue weighted by molar-refractivity contribution is 7.09. The van der Waals surface area contributed by atoms with Crippen molar-refractivity contribution in [2.75, 3.05) is 6.54 Å². The molecule has 1 rings (SSSR count). The Kier molecular flexibility index (Phi) is 6.65. The molecule has 3 heteroatoms. The van der Waals surface area contributed by atoms with E-state index in [2.05, 4.69) is 36.5 Å². The lowest BCUT2D eigenvalue weighted by Gasteiger charge is -2.14. The summed E-state index contributed by atoms with van der Waals surface area (Å²) in [6.07, 6.45) is 5.30. The van der Waals surface area contributed by atoms with Gasteiger partial charge in [-0.25, -0.2) is 4.98 Å². The first-order valence-corrected chi connectivity index (χ1v) is 7.25. The van der Waals surface area contributed by atoms with E-state index in [0.29, 0.717) is 0 Å². The van der Waals surface area contributed by atoms with Crippen LogP contribution in [0, 0.1) is 12.8 Å². The average molecular weight is 240 g/mol. The van der Waals surface area contributed by atoms with E-state index in [1.807, 2.05) is 0 Å². The molecule has 0 radical (unpaired) electrons. The number of hydrogen-bond acceptors (Lipinski definition) is 3. The molecule has 1 heterocycles. The molecule has 1 atom stereocenters. The van der Waals surface area contributed by atoms with E-state index in [1.165, 1.54) is 31.4 Å². The molecule has 92 valence electrons. The summed E-state index contributed by atoms with van der Waals surface area (Å²) in [5, 5.41) is 6.83. The van der Waals surface area contributed by atoms with Crippen molar-refractivity contribution in [1.82, 2.24) is 10.3 Å². The van der Waals surface area contributed by atoms with Gasteiger partial charge in [-0.15, -0.1) is 11.3 Å². The van der Waals surface area contributed by atoms with Gasteiger partial charge in [-0.1, -0.05) is 33.1 Å². The summed E-state index contributed by atoms with van der Waals surface area (Å²) in [4.78, 5) is 4.45. The second-order valence-electron chi connectivity index (χ2n) is 4.41. The molecule has 0 aliphatic carbocycles. The minimum Gasteiger partial charge on any atom is -0.311 e. The molecule has 0 fully saturated rings. The van der Waals surface area contributed by atoms with Crippen LogP contribution in [0.1, 0.15) is 50.2 Å². The fraction of sp³-hybridized carbons (Fsp3) is 0.769. The Morgan fingerprint density at radius 2 is 2.25 bits per heavy atom. The van der Waals surface area contributed by atoms with Crippen LogP contribution in [0.4, 0.5) is 0 Å². The summed E-state index contributed by atoms with van der Waals surface area (Å²) >= 11 is 1.73. The van der Waals surface area contributed by atoms with Gasteiger partial charge in [0.1, 0.15) is 0 Å². The Labute approximate surface area is 103 Å². The Hall–Kier alpha value is -0.410. The molecule has 0 aromatic carbocycles. The van der Waals surface area contributed by atoms with Gasteiger partial charge < -0.3 is 5.32 Å². The maximum Gasteiger partial charge on any atom is 0.0897 e. The third-order valence-corrected chi connectivity index (χ3v) is 3.77. The number of aryl methyl sites for hydroxylation is 1. The fourth-order valence-corrected chi connectivity index (χ4v) is 2.45. The van der Waals surface area contributed by atoms with E-state index in [1.54, 1.807) is 11.3 Å². The second-order valence-corrected chi connectivity index (χ2v) is 5.47. The molecule has 0 saturated carbocycles. The van der Waals surface area contributed by atoms with Crippen LogP contribution in [-0.2, 0) is 6.54 Å². The normalized spacial score (nSPS) is 12.9. The third-order valence-electron chi connectivity index (χ3n) is 2.95. The van der Waals surface area contributed by atoms with E-state index in [9.17, 15) is 0 Å². The van der Waals surface area contributed by atoms with E-state index >= 15 is 0 Å². The van der Waals surface area contributed by atoms with Gasteiger partial charge in [-0.05, 0) is 25.8 Å². The number of unbranched alkanes of at least 4 members (excludes halogenated alkanes) is 1. The van der Waals surface area contributed by atoms with Crippen LogP contribution in [0.5, 0.6) is 0 Å². The smallest absolute Gasteiger partial charge is 0.0897 e. The first kappa shape index (κ1) is 13.7. The van der Waals surface area contributed by atoms with Crippen molar-refractivity contribution in [3.8, 4) is 0 Å². The Morgan fingerprint density at radius 1 is 1.44 bits per heavy atom. The SMILES string of the molecule is CCCCC(CC)CNCc1csc(C)n1. The van der Waals surface area contributed by atoms with Gasteiger partial charge >= 0.3 is 0 Å². The number of nitrogens with zero attached hydrogens (tertiary/aromatic N) is 1. The summed E-state index contributed by atoms with van der Waals surface area (Å²) in [6, 6.07) is 0. The maximum absolute atomic E-state index is 4.45. The molecule has 1 aromatic rings. The zero-order valence-corrected chi connectivity index (χ0v) is 11.6. The molecule has 2 nitrogen and oxygen atoms in total. The van der Waals surface area contributed by atoms with Crippen molar-refractivity contribution in [1.29, 1.82) is 0 Å². The summed E-state index contributed by atoms with van der Waals surface area (Å²) in [7, 11) is 0. The molecule has 1 N–H and O–H groups in total. The molecule has 0 saturated heterocycles. The van der Waals surface area contributed by atoms with Gasteiger partial charge in [-0.2, -0.15) is 0 Å². The van der Waals surface area contributed by atoms with Crippen molar-refractivity contribution in [3.63, 3.8) is 0 Å². The first-order valence-electron chi connectivity index (χ1n) is 6.38. The Morgan fingerprint density at radius 3 is 2.81 bits per heavy atom. The molecule has 1 unspecified atom stereocenters. The van der Waals surface area contributed by atoms with Gasteiger partial charge in [0, 0.05) is 11.9 Å². The zero-order chi connectivity index (χ0) is 11.8. The molecule has 0 spiro atoms. The predicted molar refractivity (Wildman–Crippen MR) is 71.9 cm³/mol. The van der Waals surface area contributed by atoms with Crippen LogP contribution < -0.4 is 5.32 Å². The topological polar surface area (TPSA) is 24.9 Å². The van der Waals surface area contributed by atoms with Gasteiger partial charge in [-0.3, -0.25) is 0 Å². The molecule has 0 bridgehead atoms.